The molecule has 0 atom stereocenters. The van der Waals surface area contributed by atoms with Crippen molar-refractivity contribution in [1.82, 2.24) is 9.97 Å². The lowest BCUT2D eigenvalue weighted by atomic mass is 10.0. The van der Waals surface area contributed by atoms with Crippen molar-refractivity contribution < 1.29 is 0 Å². The van der Waals surface area contributed by atoms with Gasteiger partial charge in [0.25, 0.3) is 0 Å². The predicted octanol–water partition coefficient (Wildman–Crippen LogP) is 4.47. The van der Waals surface area contributed by atoms with Gasteiger partial charge in [-0.15, -0.1) is 0 Å². The summed E-state index contributed by atoms with van der Waals surface area (Å²) < 4.78 is 0. The summed E-state index contributed by atoms with van der Waals surface area (Å²) in [6.45, 7) is 6.42. The van der Waals surface area contributed by atoms with Crippen LogP contribution in [0.3, 0.4) is 0 Å². The monoisotopic (exact) mass is 304 g/mol. The van der Waals surface area contributed by atoms with E-state index >= 15 is 0 Å². The van der Waals surface area contributed by atoms with Crippen molar-refractivity contribution in [3.63, 3.8) is 0 Å². The number of nitrogens with zero attached hydrogens (tertiary/aromatic N) is 2. The van der Waals surface area contributed by atoms with Gasteiger partial charge in [-0.2, -0.15) is 0 Å². The maximum atomic E-state index is 4.73. The Bertz CT molecular complexity index is 550. The molecule has 0 aliphatic heterocycles. The summed E-state index contributed by atoms with van der Waals surface area (Å²) in [7, 11) is 0. The van der Waals surface area contributed by atoms with Crippen molar-refractivity contribution in [2.45, 2.75) is 32.0 Å². The van der Waals surface area contributed by atoms with Gasteiger partial charge in [-0.05, 0) is 18.4 Å². The van der Waals surface area contributed by atoms with Crippen LogP contribution in [0.1, 0.15) is 36.6 Å². The first-order valence-corrected chi connectivity index (χ1v) is 7.23. The Balaban J connectivity index is 2.54. The molecule has 0 saturated carbocycles. The molecule has 0 aliphatic rings. The highest BCUT2D eigenvalue weighted by atomic mass is 79.9. The van der Waals surface area contributed by atoms with Crippen LogP contribution in [0.4, 0.5) is 0 Å². The van der Waals surface area contributed by atoms with Gasteiger partial charge in [-0.1, -0.05) is 54.0 Å². The van der Waals surface area contributed by atoms with Crippen LogP contribution < -0.4 is 0 Å². The molecule has 0 bridgehead atoms. The molecule has 18 heavy (non-hydrogen) atoms. The van der Waals surface area contributed by atoms with Crippen LogP contribution in [0, 0.1) is 6.92 Å². The van der Waals surface area contributed by atoms with Gasteiger partial charge in [0.05, 0.1) is 5.69 Å². The lowest BCUT2D eigenvalue weighted by Crippen LogP contribution is -2.03. The molecule has 0 unspecified atom stereocenters. The van der Waals surface area contributed by atoms with E-state index in [0.717, 1.165) is 22.4 Å². The summed E-state index contributed by atoms with van der Waals surface area (Å²) >= 11 is 3.49. The smallest absolute Gasteiger partial charge is 0.159 e. The van der Waals surface area contributed by atoms with Crippen LogP contribution in [-0.2, 0) is 5.33 Å². The molecular weight excluding hydrogens is 288 g/mol. The van der Waals surface area contributed by atoms with Crippen molar-refractivity contribution in [2.24, 2.45) is 0 Å². The third-order valence-electron chi connectivity index (χ3n) is 2.97. The fraction of sp³-hybridized carbons (Fsp3) is 0.333. The van der Waals surface area contributed by atoms with Crippen LogP contribution in [0.5, 0.6) is 0 Å². The van der Waals surface area contributed by atoms with Crippen molar-refractivity contribution in [2.75, 3.05) is 0 Å². The molecule has 0 amide bonds. The number of aromatic nitrogens is 2. The predicted molar refractivity (Wildman–Crippen MR) is 78.9 cm³/mol. The average Bonchev–Trinajstić information content (AvgIpc) is 2.38. The van der Waals surface area contributed by atoms with Gasteiger partial charge in [0.1, 0.15) is 0 Å². The molecule has 0 N–H and O–H groups in total. The molecule has 0 fully saturated rings. The molecule has 1 heterocycles. The van der Waals surface area contributed by atoms with Crippen LogP contribution in [0.15, 0.2) is 30.5 Å². The fourth-order valence-electron chi connectivity index (χ4n) is 1.98. The Kier molecular flexibility index (Phi) is 4.12. The van der Waals surface area contributed by atoms with Crippen LogP contribution in [-0.4, -0.2) is 9.97 Å². The fourth-order valence-corrected chi connectivity index (χ4v) is 2.41. The first-order valence-electron chi connectivity index (χ1n) is 6.11. The summed E-state index contributed by atoms with van der Waals surface area (Å²) in [5, 5.41) is 0.800. The number of benzene rings is 1. The van der Waals surface area contributed by atoms with Crippen molar-refractivity contribution in [3.05, 3.63) is 47.3 Å². The number of aryl methyl sites for hydroxylation is 1. The Morgan fingerprint density at radius 2 is 1.94 bits per heavy atom. The highest BCUT2D eigenvalue weighted by molar-refractivity contribution is 9.08. The highest BCUT2D eigenvalue weighted by Gasteiger charge is 2.12. The maximum absolute atomic E-state index is 4.73. The van der Waals surface area contributed by atoms with E-state index in [1.807, 2.05) is 18.3 Å². The molecule has 94 valence electrons. The van der Waals surface area contributed by atoms with E-state index < -0.39 is 0 Å². The van der Waals surface area contributed by atoms with E-state index in [0.29, 0.717) is 5.92 Å². The molecule has 0 aliphatic carbocycles. The van der Waals surface area contributed by atoms with Crippen LogP contribution >= 0.6 is 15.9 Å². The minimum Gasteiger partial charge on any atom is -0.236 e. The zero-order valence-electron chi connectivity index (χ0n) is 10.9. The van der Waals surface area contributed by atoms with E-state index in [4.69, 9.17) is 4.98 Å². The van der Waals surface area contributed by atoms with Gasteiger partial charge in [-0.3, -0.25) is 0 Å². The molecule has 0 radical (unpaired) electrons. The quantitative estimate of drug-likeness (QED) is 0.782. The van der Waals surface area contributed by atoms with Crippen molar-refractivity contribution in [3.8, 4) is 11.4 Å². The van der Waals surface area contributed by atoms with E-state index in [9.17, 15) is 0 Å². The lowest BCUT2D eigenvalue weighted by Gasteiger charge is -2.12. The number of hydrogen-bond acceptors (Lipinski definition) is 2. The second kappa shape index (κ2) is 5.61. The van der Waals surface area contributed by atoms with E-state index in [-0.39, 0.29) is 0 Å². The zero-order chi connectivity index (χ0) is 13.1. The molecule has 2 aromatic rings. The molecule has 0 spiro atoms. The summed E-state index contributed by atoms with van der Waals surface area (Å²) in [5.41, 5.74) is 4.61. The maximum Gasteiger partial charge on any atom is 0.159 e. The summed E-state index contributed by atoms with van der Waals surface area (Å²) in [4.78, 5) is 9.22. The molecular formula is C15H17BrN2. The van der Waals surface area contributed by atoms with E-state index in [2.05, 4.69) is 53.8 Å². The topological polar surface area (TPSA) is 25.8 Å². The summed E-state index contributed by atoms with van der Waals surface area (Å²) in [6, 6.07) is 8.23. The Hall–Kier alpha value is -1.22. The minimum absolute atomic E-state index is 0.406. The number of halogens is 1. The lowest BCUT2D eigenvalue weighted by molar-refractivity contribution is 0.802. The van der Waals surface area contributed by atoms with Gasteiger partial charge in [0.2, 0.25) is 0 Å². The molecule has 3 heteroatoms. The summed E-state index contributed by atoms with van der Waals surface area (Å²) in [6.07, 6.45) is 1.93. The minimum atomic E-state index is 0.406. The van der Waals surface area contributed by atoms with Gasteiger partial charge in [-0.25, -0.2) is 9.97 Å². The summed E-state index contributed by atoms with van der Waals surface area (Å²) in [5.74, 6) is 1.23. The van der Waals surface area contributed by atoms with Crippen molar-refractivity contribution >= 4 is 15.9 Å². The number of alkyl halides is 1. The molecule has 1 aromatic carbocycles. The first-order chi connectivity index (χ1) is 8.63. The van der Waals surface area contributed by atoms with Crippen LogP contribution in [0.2, 0.25) is 0 Å². The number of rotatable bonds is 3. The Morgan fingerprint density at radius 3 is 2.56 bits per heavy atom. The third kappa shape index (κ3) is 2.61. The van der Waals surface area contributed by atoms with Gasteiger partial charge in [0.15, 0.2) is 5.82 Å². The third-order valence-corrected chi connectivity index (χ3v) is 3.58. The average molecular weight is 305 g/mol. The van der Waals surface area contributed by atoms with Crippen molar-refractivity contribution in [1.29, 1.82) is 0 Å². The largest absolute Gasteiger partial charge is 0.236 e. The first kappa shape index (κ1) is 13.2. The Labute approximate surface area is 117 Å². The zero-order valence-corrected chi connectivity index (χ0v) is 12.5. The van der Waals surface area contributed by atoms with Crippen LogP contribution in [0.25, 0.3) is 11.4 Å². The van der Waals surface area contributed by atoms with E-state index in [1.54, 1.807) is 0 Å². The van der Waals surface area contributed by atoms with Gasteiger partial charge < -0.3 is 0 Å². The van der Waals surface area contributed by atoms with Gasteiger partial charge >= 0.3 is 0 Å². The second-order valence-corrected chi connectivity index (χ2v) is 5.27. The molecule has 1 aromatic heterocycles. The normalized spacial score (nSPS) is 10.9. The molecule has 0 saturated heterocycles. The Morgan fingerprint density at radius 1 is 1.22 bits per heavy atom. The molecule has 2 rings (SSSR count). The SMILES string of the molecule is Cc1ccccc1-c1ncc(CBr)c(C(C)C)n1. The number of hydrogen-bond donors (Lipinski definition) is 0. The highest BCUT2D eigenvalue weighted by Crippen LogP contribution is 2.24. The molecule has 2 nitrogen and oxygen atoms in total. The second-order valence-electron chi connectivity index (χ2n) is 4.71. The van der Waals surface area contributed by atoms with Gasteiger partial charge in [0, 0.05) is 22.7 Å². The standard InChI is InChI=1S/C15H17BrN2/c1-10(2)14-12(8-16)9-17-15(18-14)13-7-5-4-6-11(13)3/h4-7,9-10H,8H2,1-3H3. The van der Waals surface area contributed by atoms with E-state index in [1.165, 1.54) is 11.1 Å².